The molecule has 0 aliphatic rings. The Morgan fingerprint density at radius 1 is 0.862 bits per heavy atom. The largest absolute Gasteiger partial charge is 2.00 e. The third-order valence-electron chi connectivity index (χ3n) is 3.87. The number of azo groups is 1. The van der Waals surface area contributed by atoms with E-state index in [-0.39, 0.29) is 68.0 Å². The summed E-state index contributed by atoms with van der Waals surface area (Å²) in [6.45, 7) is 1.60. The van der Waals surface area contributed by atoms with Crippen LogP contribution in [-0.2, 0) is 20.2 Å². The van der Waals surface area contributed by atoms with Crippen LogP contribution in [0.25, 0.3) is 10.8 Å². The van der Waals surface area contributed by atoms with Crippen molar-refractivity contribution in [3.8, 4) is 5.75 Å². The smallest absolute Gasteiger partial charge is 0.744 e. The zero-order chi connectivity index (χ0) is 20.7. The van der Waals surface area contributed by atoms with Gasteiger partial charge in [0.15, 0.2) is 0 Å². The molecule has 0 spiro atoms. The molecule has 0 atom stereocenters. The number of rotatable bonds is 4. The van der Waals surface area contributed by atoms with Crippen molar-refractivity contribution >= 4 is 87.9 Å². The maximum absolute atomic E-state index is 11.4. The van der Waals surface area contributed by atoms with Crippen molar-refractivity contribution in [2.24, 2.45) is 10.2 Å². The van der Waals surface area contributed by atoms with Gasteiger partial charge in [0, 0.05) is 5.39 Å². The number of aromatic hydroxyl groups is 1. The average Bonchev–Trinajstić information content (AvgIpc) is 2.59. The Bertz CT molecular complexity index is 1340. The Hall–Kier alpha value is -1.38. The van der Waals surface area contributed by atoms with E-state index in [0.29, 0.717) is 10.9 Å². The molecular weight excluding hydrogens is 496 g/mol. The van der Waals surface area contributed by atoms with Gasteiger partial charge in [0.25, 0.3) is 0 Å². The summed E-state index contributed by atoms with van der Waals surface area (Å²) in [6.07, 6.45) is 0. The topological polar surface area (TPSA) is 159 Å². The predicted molar refractivity (Wildman–Crippen MR) is 103 cm³/mol. The Kier molecular flexibility index (Phi) is 7.23. The van der Waals surface area contributed by atoms with Crippen LogP contribution in [0, 0.1) is 6.92 Å². The molecular formula is C17H12N2O7S2Sr. The second-order valence-electron chi connectivity index (χ2n) is 5.90. The standard InChI is InChI=1S/C17H14N2O7S2.Sr/c1-10-2-6-14(16(8-10)28(24,25)26)18-19-17-13-5-4-12(27(21,22)23)9-11(13)3-7-15(17)20;/h2-9,20H,1H3,(H,21,22,23)(H,24,25,26);/q;+2/p-2. The van der Waals surface area contributed by atoms with Crippen molar-refractivity contribution in [2.45, 2.75) is 16.7 Å². The van der Waals surface area contributed by atoms with E-state index in [9.17, 15) is 31.0 Å². The Balaban J connectivity index is 0.00000300. The molecule has 1 N–H and O–H groups in total. The maximum atomic E-state index is 11.4. The fourth-order valence-electron chi connectivity index (χ4n) is 2.55. The van der Waals surface area contributed by atoms with Gasteiger partial charge in [-0.2, -0.15) is 0 Å². The van der Waals surface area contributed by atoms with E-state index in [4.69, 9.17) is 0 Å². The molecule has 146 valence electrons. The van der Waals surface area contributed by atoms with Gasteiger partial charge >= 0.3 is 45.5 Å². The van der Waals surface area contributed by atoms with Crippen LogP contribution in [0.4, 0.5) is 11.4 Å². The first-order valence-corrected chi connectivity index (χ1v) is 10.5. The maximum Gasteiger partial charge on any atom is 2.00 e. The number of benzene rings is 3. The fraction of sp³-hybridized carbons (Fsp3) is 0.0588. The minimum Gasteiger partial charge on any atom is -0.744 e. The van der Waals surface area contributed by atoms with E-state index < -0.39 is 30.0 Å². The zero-order valence-electron chi connectivity index (χ0n) is 14.9. The first kappa shape index (κ1) is 23.9. The number of hydrogen-bond donors (Lipinski definition) is 1. The van der Waals surface area contributed by atoms with E-state index in [1.54, 1.807) is 6.92 Å². The molecule has 0 bridgehead atoms. The molecule has 0 fully saturated rings. The Labute approximate surface area is 203 Å². The number of aryl methyl sites for hydroxylation is 1. The number of nitrogens with zero attached hydrogens (tertiary/aromatic N) is 2. The van der Waals surface area contributed by atoms with Crippen molar-refractivity contribution in [3.63, 3.8) is 0 Å². The summed E-state index contributed by atoms with van der Waals surface area (Å²) in [5, 5.41) is 18.3. The van der Waals surface area contributed by atoms with Crippen LogP contribution in [0.5, 0.6) is 5.75 Å². The van der Waals surface area contributed by atoms with Crippen molar-refractivity contribution in [2.75, 3.05) is 0 Å². The summed E-state index contributed by atoms with van der Waals surface area (Å²) in [5.41, 5.74) is 0.241. The third-order valence-corrected chi connectivity index (χ3v) is 5.57. The minimum atomic E-state index is -4.80. The van der Waals surface area contributed by atoms with E-state index in [1.807, 2.05) is 0 Å². The molecule has 3 rings (SSSR count). The molecule has 0 saturated carbocycles. The summed E-state index contributed by atoms with van der Waals surface area (Å²) in [6, 6.07) is 10.1. The van der Waals surface area contributed by atoms with Gasteiger partial charge in [0.05, 0.1) is 9.79 Å². The van der Waals surface area contributed by atoms with Crippen LogP contribution < -0.4 is 0 Å². The van der Waals surface area contributed by atoms with Crippen molar-refractivity contribution in [1.82, 2.24) is 0 Å². The third kappa shape index (κ3) is 5.41. The second-order valence-corrected chi connectivity index (χ2v) is 8.62. The molecule has 0 aliphatic heterocycles. The average molecular weight is 508 g/mol. The van der Waals surface area contributed by atoms with Crippen LogP contribution in [0.1, 0.15) is 5.56 Å². The Morgan fingerprint density at radius 2 is 1.55 bits per heavy atom. The van der Waals surface area contributed by atoms with Crippen LogP contribution in [-0.4, -0.2) is 76.5 Å². The molecule has 0 aromatic heterocycles. The van der Waals surface area contributed by atoms with Gasteiger partial charge in [-0.3, -0.25) is 0 Å². The molecule has 0 amide bonds. The minimum absolute atomic E-state index is 0. The molecule has 0 aliphatic carbocycles. The molecule has 12 heteroatoms. The van der Waals surface area contributed by atoms with Crippen molar-refractivity contribution < 1.29 is 31.0 Å². The second kappa shape index (κ2) is 8.78. The van der Waals surface area contributed by atoms with E-state index in [0.717, 1.165) is 18.2 Å². The van der Waals surface area contributed by atoms with Crippen LogP contribution in [0.3, 0.4) is 0 Å². The van der Waals surface area contributed by atoms with Crippen LogP contribution >= 0.6 is 0 Å². The van der Waals surface area contributed by atoms with Crippen LogP contribution in [0.2, 0.25) is 0 Å². The van der Waals surface area contributed by atoms with Gasteiger partial charge in [0.1, 0.15) is 37.4 Å². The molecule has 0 unspecified atom stereocenters. The summed E-state index contributed by atoms with van der Waals surface area (Å²) in [7, 11) is -9.47. The first-order chi connectivity index (χ1) is 13.0. The number of phenols is 1. The van der Waals surface area contributed by atoms with Gasteiger partial charge in [-0.15, -0.1) is 10.2 Å². The molecule has 0 radical (unpaired) electrons. The van der Waals surface area contributed by atoms with Gasteiger partial charge in [-0.1, -0.05) is 18.2 Å². The van der Waals surface area contributed by atoms with Gasteiger partial charge in [-0.25, -0.2) is 16.8 Å². The molecule has 3 aromatic rings. The molecule has 0 heterocycles. The van der Waals surface area contributed by atoms with Crippen molar-refractivity contribution in [3.05, 3.63) is 54.1 Å². The quantitative estimate of drug-likeness (QED) is 0.322. The monoisotopic (exact) mass is 508 g/mol. The number of fused-ring (bicyclic) bond motifs is 1. The summed E-state index contributed by atoms with van der Waals surface area (Å²) in [5.74, 6) is -0.312. The Morgan fingerprint density at radius 3 is 2.17 bits per heavy atom. The van der Waals surface area contributed by atoms with Gasteiger partial charge in [-0.05, 0) is 48.2 Å². The van der Waals surface area contributed by atoms with Crippen LogP contribution in [0.15, 0.2) is 68.6 Å². The molecule has 3 aromatic carbocycles. The number of hydrogen-bond acceptors (Lipinski definition) is 9. The first-order valence-electron chi connectivity index (χ1n) is 7.67. The van der Waals surface area contributed by atoms with E-state index in [2.05, 4.69) is 10.2 Å². The van der Waals surface area contributed by atoms with Gasteiger partial charge < -0.3 is 14.2 Å². The normalized spacial score (nSPS) is 12.2. The van der Waals surface area contributed by atoms with Gasteiger partial charge in [0.2, 0.25) is 0 Å². The molecule has 9 nitrogen and oxygen atoms in total. The predicted octanol–water partition coefficient (Wildman–Crippen LogP) is 2.70. The zero-order valence-corrected chi connectivity index (χ0v) is 20.0. The van der Waals surface area contributed by atoms with Crippen molar-refractivity contribution in [1.29, 1.82) is 0 Å². The van der Waals surface area contributed by atoms with E-state index in [1.165, 1.54) is 30.3 Å². The molecule has 29 heavy (non-hydrogen) atoms. The summed E-state index contributed by atoms with van der Waals surface area (Å²) >= 11 is 0. The fourth-order valence-corrected chi connectivity index (χ4v) is 3.75. The number of phenolic OH excluding ortho intramolecular Hbond substituents is 1. The summed E-state index contributed by atoms with van der Waals surface area (Å²) in [4.78, 5) is -1.01. The van der Waals surface area contributed by atoms with E-state index >= 15 is 0 Å². The molecule has 0 saturated heterocycles. The summed E-state index contributed by atoms with van der Waals surface area (Å²) < 4.78 is 67.8. The SMILES string of the molecule is Cc1ccc(N=Nc2c(O)ccc3cc(S(=O)(=O)[O-])ccc23)c(S(=O)(=O)[O-])c1.[Sr+2].